The van der Waals surface area contributed by atoms with E-state index in [-0.39, 0.29) is 0 Å². The molecule has 0 spiro atoms. The van der Waals surface area contributed by atoms with Crippen LogP contribution < -0.4 is 10.1 Å². The summed E-state index contributed by atoms with van der Waals surface area (Å²) in [6.45, 7) is 6.88. The van der Waals surface area contributed by atoms with E-state index in [1.54, 1.807) is 6.20 Å². The first-order valence-electron chi connectivity index (χ1n) is 6.77. The van der Waals surface area contributed by atoms with Crippen LogP contribution in [0.2, 0.25) is 5.02 Å². The van der Waals surface area contributed by atoms with E-state index in [2.05, 4.69) is 40.1 Å². The maximum atomic E-state index is 6.18. The number of nitrogens with zero attached hydrogens (tertiary/aromatic N) is 1. The molecule has 1 N–H and O–H groups in total. The predicted octanol–water partition coefficient (Wildman–Crippen LogP) is 5.10. The Labute approximate surface area is 138 Å². The predicted molar refractivity (Wildman–Crippen MR) is 90.2 cm³/mol. The number of nitrogens with one attached hydrogen (secondary N) is 1. The van der Waals surface area contributed by atoms with E-state index in [0.717, 1.165) is 15.6 Å². The molecule has 0 unspecified atom stereocenters. The van der Waals surface area contributed by atoms with Crippen LogP contribution in [0.15, 0.2) is 34.9 Å². The second kappa shape index (κ2) is 7.25. The van der Waals surface area contributed by atoms with Gasteiger partial charge in [0.25, 0.3) is 0 Å². The van der Waals surface area contributed by atoms with Crippen LogP contribution in [0.4, 0.5) is 0 Å². The SMILES string of the molecule is Cc1ccc(Cl)c(Oc2ncc(Br)cc2CNC(C)C)c1. The minimum absolute atomic E-state index is 0.388. The van der Waals surface area contributed by atoms with Crippen LogP contribution in [-0.2, 0) is 6.54 Å². The average molecular weight is 370 g/mol. The second-order valence-electron chi connectivity index (χ2n) is 5.19. The van der Waals surface area contributed by atoms with Crippen molar-refractivity contribution in [2.45, 2.75) is 33.4 Å². The summed E-state index contributed by atoms with van der Waals surface area (Å²) in [5.74, 6) is 1.19. The molecular formula is C16H18BrClN2O. The van der Waals surface area contributed by atoms with Crippen molar-refractivity contribution in [1.29, 1.82) is 0 Å². The fourth-order valence-corrected chi connectivity index (χ4v) is 2.33. The average Bonchev–Trinajstić information content (AvgIpc) is 2.43. The summed E-state index contributed by atoms with van der Waals surface area (Å²) in [6.07, 6.45) is 1.72. The van der Waals surface area contributed by atoms with Crippen molar-refractivity contribution >= 4 is 27.5 Å². The molecule has 0 saturated carbocycles. The van der Waals surface area contributed by atoms with Gasteiger partial charge in [-0.2, -0.15) is 0 Å². The third-order valence-electron chi connectivity index (χ3n) is 2.89. The van der Waals surface area contributed by atoms with E-state index >= 15 is 0 Å². The fourth-order valence-electron chi connectivity index (χ4n) is 1.79. The van der Waals surface area contributed by atoms with Crippen LogP contribution in [0.5, 0.6) is 11.6 Å². The minimum Gasteiger partial charge on any atom is -0.437 e. The molecule has 2 rings (SSSR count). The molecule has 1 aromatic heterocycles. The third kappa shape index (κ3) is 4.70. The molecular weight excluding hydrogens is 352 g/mol. The Kier molecular flexibility index (Phi) is 5.62. The van der Waals surface area contributed by atoms with Crippen molar-refractivity contribution in [2.24, 2.45) is 0 Å². The Morgan fingerprint density at radius 1 is 1.33 bits per heavy atom. The molecule has 0 amide bonds. The summed E-state index contributed by atoms with van der Waals surface area (Å²) in [5.41, 5.74) is 2.07. The quantitative estimate of drug-likeness (QED) is 0.796. The lowest BCUT2D eigenvalue weighted by atomic mass is 10.2. The molecule has 5 heteroatoms. The molecule has 0 radical (unpaired) electrons. The smallest absolute Gasteiger partial charge is 0.223 e. The van der Waals surface area contributed by atoms with Crippen molar-refractivity contribution in [1.82, 2.24) is 10.3 Å². The van der Waals surface area contributed by atoms with Crippen molar-refractivity contribution in [3.63, 3.8) is 0 Å². The van der Waals surface area contributed by atoms with E-state index in [9.17, 15) is 0 Å². The Morgan fingerprint density at radius 3 is 2.81 bits per heavy atom. The minimum atomic E-state index is 0.388. The molecule has 2 aromatic rings. The van der Waals surface area contributed by atoms with Gasteiger partial charge < -0.3 is 10.1 Å². The standard InChI is InChI=1S/C16H18BrClN2O/c1-10(2)19-8-12-7-13(17)9-20-16(12)21-15-6-11(3)4-5-14(15)18/h4-7,9-10,19H,8H2,1-3H3. The first-order chi connectivity index (χ1) is 9.95. The molecule has 0 aliphatic rings. The zero-order chi connectivity index (χ0) is 15.4. The summed E-state index contributed by atoms with van der Waals surface area (Å²) in [6, 6.07) is 8.08. The summed E-state index contributed by atoms with van der Waals surface area (Å²) in [7, 11) is 0. The lowest BCUT2D eigenvalue weighted by Gasteiger charge is -2.14. The Bertz CT molecular complexity index is 632. The molecule has 1 heterocycles. The first-order valence-corrected chi connectivity index (χ1v) is 7.94. The Hall–Kier alpha value is -1.10. The third-order valence-corrected chi connectivity index (χ3v) is 3.63. The van der Waals surface area contributed by atoms with Gasteiger partial charge in [-0.05, 0) is 46.6 Å². The topological polar surface area (TPSA) is 34.1 Å². The molecule has 0 saturated heterocycles. The summed E-state index contributed by atoms with van der Waals surface area (Å²) in [5, 5.41) is 3.94. The molecule has 0 fully saturated rings. The molecule has 1 aromatic carbocycles. The monoisotopic (exact) mass is 368 g/mol. The number of pyridine rings is 1. The van der Waals surface area contributed by atoms with Crippen molar-refractivity contribution in [3.05, 3.63) is 51.1 Å². The van der Waals surface area contributed by atoms with Gasteiger partial charge >= 0.3 is 0 Å². The van der Waals surface area contributed by atoms with Crippen LogP contribution in [0.1, 0.15) is 25.0 Å². The number of benzene rings is 1. The van der Waals surface area contributed by atoms with Crippen molar-refractivity contribution in [2.75, 3.05) is 0 Å². The van der Waals surface area contributed by atoms with E-state index < -0.39 is 0 Å². The number of hydrogen-bond acceptors (Lipinski definition) is 3. The van der Waals surface area contributed by atoms with Crippen LogP contribution in [0.3, 0.4) is 0 Å². The van der Waals surface area contributed by atoms with Gasteiger partial charge in [-0.1, -0.05) is 31.5 Å². The summed E-state index contributed by atoms with van der Waals surface area (Å²) >= 11 is 9.62. The van der Waals surface area contributed by atoms with Crippen LogP contribution in [0.25, 0.3) is 0 Å². The molecule has 0 atom stereocenters. The van der Waals surface area contributed by atoms with Crippen LogP contribution >= 0.6 is 27.5 Å². The molecule has 3 nitrogen and oxygen atoms in total. The number of halogens is 2. The highest BCUT2D eigenvalue weighted by atomic mass is 79.9. The highest BCUT2D eigenvalue weighted by Crippen LogP contribution is 2.31. The van der Waals surface area contributed by atoms with Gasteiger partial charge in [0.1, 0.15) is 5.75 Å². The zero-order valence-electron chi connectivity index (χ0n) is 12.3. The van der Waals surface area contributed by atoms with Gasteiger partial charge in [0, 0.05) is 28.8 Å². The fraction of sp³-hybridized carbons (Fsp3) is 0.312. The molecule has 112 valence electrons. The van der Waals surface area contributed by atoms with E-state index in [0.29, 0.717) is 29.2 Å². The second-order valence-corrected chi connectivity index (χ2v) is 6.51. The maximum Gasteiger partial charge on any atom is 0.223 e. The summed E-state index contributed by atoms with van der Waals surface area (Å²) < 4.78 is 6.83. The van der Waals surface area contributed by atoms with Crippen LogP contribution in [-0.4, -0.2) is 11.0 Å². The molecule has 0 bridgehead atoms. The van der Waals surface area contributed by atoms with E-state index in [1.807, 2.05) is 31.2 Å². The Morgan fingerprint density at radius 2 is 2.10 bits per heavy atom. The highest BCUT2D eigenvalue weighted by molar-refractivity contribution is 9.10. The van der Waals surface area contributed by atoms with Gasteiger partial charge in [0.2, 0.25) is 5.88 Å². The van der Waals surface area contributed by atoms with Gasteiger partial charge in [-0.15, -0.1) is 0 Å². The number of aromatic nitrogens is 1. The zero-order valence-corrected chi connectivity index (χ0v) is 14.6. The lowest BCUT2D eigenvalue weighted by Crippen LogP contribution is -2.22. The van der Waals surface area contributed by atoms with Crippen molar-refractivity contribution in [3.8, 4) is 11.6 Å². The number of ether oxygens (including phenoxy) is 1. The largest absolute Gasteiger partial charge is 0.437 e. The summed E-state index contributed by atoms with van der Waals surface area (Å²) in [4.78, 5) is 4.35. The van der Waals surface area contributed by atoms with Gasteiger partial charge in [0.15, 0.2) is 0 Å². The normalized spacial score (nSPS) is 11.0. The number of aryl methyl sites for hydroxylation is 1. The number of rotatable bonds is 5. The molecule has 0 aliphatic heterocycles. The van der Waals surface area contributed by atoms with Gasteiger partial charge in [-0.3, -0.25) is 0 Å². The van der Waals surface area contributed by atoms with Gasteiger partial charge in [0.05, 0.1) is 5.02 Å². The first kappa shape index (κ1) is 16.3. The molecule has 0 aliphatic carbocycles. The maximum absolute atomic E-state index is 6.18. The van der Waals surface area contributed by atoms with Crippen molar-refractivity contribution < 1.29 is 4.74 Å². The lowest BCUT2D eigenvalue weighted by molar-refractivity contribution is 0.450. The van der Waals surface area contributed by atoms with Gasteiger partial charge in [-0.25, -0.2) is 4.98 Å². The van der Waals surface area contributed by atoms with E-state index in [1.165, 1.54) is 0 Å². The molecule has 21 heavy (non-hydrogen) atoms. The number of hydrogen-bond donors (Lipinski definition) is 1. The Balaban J connectivity index is 2.28. The van der Waals surface area contributed by atoms with E-state index in [4.69, 9.17) is 16.3 Å². The van der Waals surface area contributed by atoms with Crippen LogP contribution in [0, 0.1) is 6.92 Å². The highest BCUT2D eigenvalue weighted by Gasteiger charge is 2.10.